The number of nitrogens with one attached hydrogen (secondary N) is 2. The smallest absolute Gasteiger partial charge is 0.196 e. The Hall–Kier alpha value is -2.12. The number of guanidine groups is 1. The van der Waals surface area contributed by atoms with Gasteiger partial charge in [-0.3, -0.25) is 0 Å². The van der Waals surface area contributed by atoms with Gasteiger partial charge in [-0.05, 0) is 19.1 Å². The number of benzene rings is 1. The topological polar surface area (TPSA) is 67.8 Å². The first-order valence-electron chi connectivity index (χ1n) is 9.64. The summed E-state index contributed by atoms with van der Waals surface area (Å²) in [7, 11) is 1.70. The number of hydrogen-bond donors (Lipinski definition) is 2. The summed E-state index contributed by atoms with van der Waals surface area (Å²) in [6.45, 7) is 11.2. The molecule has 0 spiro atoms. The normalized spacial score (nSPS) is 12.1. The highest BCUT2D eigenvalue weighted by molar-refractivity contribution is 7.09. The average molecular weight is 405 g/mol. The standard InChI is InChI=1S/C21H32N4O2S/c1-6-22-20(23-14-19-25-18(15-28-19)21(2,3)4)24-16-9-7-10-17(13-16)27-12-8-11-26-5/h7,9-10,13,15H,6,8,11-12,14H2,1-5H3,(H2,22,23,24). The zero-order valence-electron chi connectivity index (χ0n) is 17.5. The first-order chi connectivity index (χ1) is 13.4. The van der Waals surface area contributed by atoms with E-state index in [1.54, 1.807) is 18.4 Å². The predicted molar refractivity (Wildman–Crippen MR) is 118 cm³/mol. The number of thiazole rings is 1. The van der Waals surface area contributed by atoms with Crippen LogP contribution in [-0.2, 0) is 16.7 Å². The maximum atomic E-state index is 5.77. The molecule has 0 aliphatic rings. The highest BCUT2D eigenvalue weighted by atomic mass is 32.1. The third-order valence-corrected chi connectivity index (χ3v) is 4.73. The van der Waals surface area contributed by atoms with Crippen LogP contribution in [0.3, 0.4) is 0 Å². The summed E-state index contributed by atoms with van der Waals surface area (Å²) < 4.78 is 10.8. The van der Waals surface area contributed by atoms with E-state index in [9.17, 15) is 0 Å². The molecule has 2 rings (SSSR count). The van der Waals surface area contributed by atoms with Gasteiger partial charge in [-0.25, -0.2) is 9.98 Å². The minimum atomic E-state index is 0.0604. The van der Waals surface area contributed by atoms with Gasteiger partial charge in [0.05, 0.1) is 18.8 Å². The van der Waals surface area contributed by atoms with E-state index >= 15 is 0 Å². The first-order valence-corrected chi connectivity index (χ1v) is 10.5. The van der Waals surface area contributed by atoms with Crippen molar-refractivity contribution in [2.24, 2.45) is 4.99 Å². The summed E-state index contributed by atoms with van der Waals surface area (Å²) in [6, 6.07) is 7.89. The summed E-state index contributed by atoms with van der Waals surface area (Å²) in [6.07, 6.45) is 0.864. The lowest BCUT2D eigenvalue weighted by Gasteiger charge is -2.14. The fraction of sp³-hybridized carbons (Fsp3) is 0.524. The first kappa shape index (κ1) is 22.2. The van der Waals surface area contributed by atoms with Crippen molar-refractivity contribution in [3.05, 3.63) is 40.3 Å². The number of aromatic nitrogens is 1. The molecule has 6 nitrogen and oxygen atoms in total. The second-order valence-electron chi connectivity index (χ2n) is 7.42. The molecule has 2 N–H and O–H groups in total. The summed E-state index contributed by atoms with van der Waals surface area (Å²) in [5.41, 5.74) is 2.10. The fourth-order valence-corrected chi connectivity index (χ4v) is 3.32. The quantitative estimate of drug-likeness (QED) is 0.368. The van der Waals surface area contributed by atoms with E-state index in [0.29, 0.717) is 19.8 Å². The minimum Gasteiger partial charge on any atom is -0.493 e. The van der Waals surface area contributed by atoms with Crippen LogP contribution in [0.25, 0.3) is 0 Å². The molecule has 0 fully saturated rings. The third kappa shape index (κ3) is 7.48. The van der Waals surface area contributed by atoms with E-state index < -0.39 is 0 Å². The Kier molecular flexibility index (Phi) is 8.73. The summed E-state index contributed by atoms with van der Waals surface area (Å²) in [5.74, 6) is 1.55. The zero-order valence-corrected chi connectivity index (χ0v) is 18.4. The number of aliphatic imine (C=N–C) groups is 1. The van der Waals surface area contributed by atoms with Gasteiger partial charge >= 0.3 is 0 Å². The lowest BCUT2D eigenvalue weighted by Crippen LogP contribution is -2.30. The largest absolute Gasteiger partial charge is 0.493 e. The Balaban J connectivity index is 1.99. The van der Waals surface area contributed by atoms with Crippen molar-refractivity contribution in [1.82, 2.24) is 10.3 Å². The molecule has 1 aromatic heterocycles. The van der Waals surface area contributed by atoms with Crippen LogP contribution in [0.1, 0.15) is 44.8 Å². The Morgan fingerprint density at radius 2 is 2.07 bits per heavy atom. The number of anilines is 1. The molecule has 1 heterocycles. The second-order valence-corrected chi connectivity index (χ2v) is 8.36. The third-order valence-electron chi connectivity index (χ3n) is 3.90. The van der Waals surface area contributed by atoms with E-state index in [1.165, 1.54) is 0 Å². The van der Waals surface area contributed by atoms with Gasteiger partial charge in [0, 0.05) is 49.2 Å². The van der Waals surface area contributed by atoms with E-state index in [1.807, 2.05) is 31.2 Å². The lowest BCUT2D eigenvalue weighted by atomic mass is 9.93. The van der Waals surface area contributed by atoms with Gasteiger partial charge in [-0.2, -0.15) is 0 Å². The molecular weight excluding hydrogens is 372 g/mol. The zero-order chi connectivity index (χ0) is 20.4. The highest BCUT2D eigenvalue weighted by Crippen LogP contribution is 2.24. The summed E-state index contributed by atoms with van der Waals surface area (Å²) in [4.78, 5) is 9.38. The van der Waals surface area contributed by atoms with Gasteiger partial charge in [0.2, 0.25) is 0 Å². The number of ether oxygens (including phenoxy) is 2. The summed E-state index contributed by atoms with van der Waals surface area (Å²) >= 11 is 1.65. The minimum absolute atomic E-state index is 0.0604. The van der Waals surface area contributed by atoms with Crippen LogP contribution in [0, 0.1) is 0 Å². The number of nitrogens with zero attached hydrogens (tertiary/aromatic N) is 2. The van der Waals surface area contributed by atoms with Crippen molar-refractivity contribution in [2.45, 2.75) is 46.1 Å². The highest BCUT2D eigenvalue weighted by Gasteiger charge is 2.17. The van der Waals surface area contributed by atoms with Gasteiger partial charge < -0.3 is 20.1 Å². The molecule has 0 aliphatic carbocycles. The van der Waals surface area contributed by atoms with Crippen molar-refractivity contribution in [1.29, 1.82) is 0 Å². The molecule has 2 aromatic rings. The fourth-order valence-electron chi connectivity index (χ4n) is 2.38. The predicted octanol–water partition coefficient (Wildman–Crippen LogP) is 4.43. The van der Waals surface area contributed by atoms with Gasteiger partial charge in [0.1, 0.15) is 10.8 Å². The monoisotopic (exact) mass is 404 g/mol. The molecule has 0 unspecified atom stereocenters. The molecule has 154 valence electrons. The lowest BCUT2D eigenvalue weighted by molar-refractivity contribution is 0.172. The maximum absolute atomic E-state index is 5.77. The van der Waals surface area contributed by atoms with E-state index in [0.717, 1.165) is 41.1 Å². The van der Waals surface area contributed by atoms with Crippen LogP contribution in [-0.4, -0.2) is 37.8 Å². The van der Waals surface area contributed by atoms with Crippen molar-refractivity contribution in [3.63, 3.8) is 0 Å². The Bertz CT molecular complexity index is 753. The van der Waals surface area contributed by atoms with Gasteiger partial charge in [0.15, 0.2) is 5.96 Å². The molecule has 0 bridgehead atoms. The van der Waals surface area contributed by atoms with Crippen LogP contribution in [0.15, 0.2) is 34.6 Å². The van der Waals surface area contributed by atoms with Gasteiger partial charge in [0.25, 0.3) is 0 Å². The van der Waals surface area contributed by atoms with Crippen molar-refractivity contribution >= 4 is 23.0 Å². The summed E-state index contributed by atoms with van der Waals surface area (Å²) in [5, 5.41) is 9.75. The van der Waals surface area contributed by atoms with Crippen LogP contribution >= 0.6 is 11.3 Å². The molecule has 0 aliphatic heterocycles. The van der Waals surface area contributed by atoms with E-state index in [-0.39, 0.29) is 5.41 Å². The Morgan fingerprint density at radius 1 is 1.25 bits per heavy atom. The molecule has 7 heteroatoms. The van der Waals surface area contributed by atoms with Crippen LogP contribution in [0.4, 0.5) is 5.69 Å². The molecule has 0 radical (unpaired) electrons. The van der Waals surface area contributed by atoms with Crippen molar-refractivity contribution in [3.8, 4) is 5.75 Å². The van der Waals surface area contributed by atoms with Gasteiger partial charge in [-0.15, -0.1) is 11.3 Å². The van der Waals surface area contributed by atoms with Crippen LogP contribution < -0.4 is 15.4 Å². The van der Waals surface area contributed by atoms with Crippen LogP contribution in [0.2, 0.25) is 0 Å². The second kappa shape index (κ2) is 11.0. The molecule has 0 amide bonds. The Morgan fingerprint density at radius 3 is 2.75 bits per heavy atom. The molecule has 0 atom stereocenters. The number of hydrogen-bond acceptors (Lipinski definition) is 5. The molecule has 0 saturated carbocycles. The van der Waals surface area contributed by atoms with Crippen molar-refractivity contribution < 1.29 is 9.47 Å². The van der Waals surface area contributed by atoms with E-state index in [4.69, 9.17) is 14.5 Å². The molecule has 0 saturated heterocycles. The number of methoxy groups -OCH3 is 1. The average Bonchev–Trinajstić information content (AvgIpc) is 3.13. The van der Waals surface area contributed by atoms with E-state index in [2.05, 4.69) is 41.8 Å². The SMILES string of the molecule is CCNC(=NCc1nc(C(C)(C)C)cs1)Nc1cccc(OCCCOC)c1. The Labute approximate surface area is 172 Å². The molecule has 28 heavy (non-hydrogen) atoms. The maximum Gasteiger partial charge on any atom is 0.196 e. The molecule has 1 aromatic carbocycles. The number of rotatable bonds is 9. The van der Waals surface area contributed by atoms with Gasteiger partial charge in [-0.1, -0.05) is 26.8 Å². The van der Waals surface area contributed by atoms with Crippen molar-refractivity contribution in [2.75, 3.05) is 32.2 Å². The van der Waals surface area contributed by atoms with Crippen LogP contribution in [0.5, 0.6) is 5.75 Å². The molecular formula is C21H32N4O2S.